The fourth-order valence-electron chi connectivity index (χ4n) is 2.18. The van der Waals surface area contributed by atoms with Crippen molar-refractivity contribution < 1.29 is 13.2 Å². The van der Waals surface area contributed by atoms with Gasteiger partial charge >= 0.3 is 0 Å². The number of nitrogens with zero attached hydrogens (tertiary/aromatic N) is 1. The molecule has 18 heavy (non-hydrogen) atoms. The Morgan fingerprint density at radius 1 is 1.17 bits per heavy atom. The first kappa shape index (κ1) is 13.4. The third-order valence-corrected chi connectivity index (χ3v) is 3.22. The SMILES string of the molecule is FCc1cc(F)c(F)c(CCN2CCNCC2)c1. The lowest BCUT2D eigenvalue weighted by Gasteiger charge is -2.27. The third kappa shape index (κ3) is 3.23. The van der Waals surface area contributed by atoms with E-state index in [1.54, 1.807) is 0 Å². The molecule has 1 aliphatic rings. The summed E-state index contributed by atoms with van der Waals surface area (Å²) in [5.74, 6) is -1.80. The minimum Gasteiger partial charge on any atom is -0.314 e. The summed E-state index contributed by atoms with van der Waals surface area (Å²) in [7, 11) is 0. The number of benzene rings is 1. The molecule has 1 aromatic carbocycles. The van der Waals surface area contributed by atoms with Gasteiger partial charge in [0.2, 0.25) is 0 Å². The van der Waals surface area contributed by atoms with Gasteiger partial charge in [-0.2, -0.15) is 0 Å². The predicted octanol–water partition coefficient (Wildman–Crippen LogP) is 1.88. The first-order valence-electron chi connectivity index (χ1n) is 6.16. The summed E-state index contributed by atoms with van der Waals surface area (Å²) >= 11 is 0. The summed E-state index contributed by atoms with van der Waals surface area (Å²) in [6.07, 6.45) is 0.413. The first-order valence-corrected chi connectivity index (χ1v) is 6.16. The number of rotatable bonds is 4. The van der Waals surface area contributed by atoms with E-state index in [0.717, 1.165) is 32.2 Å². The zero-order valence-corrected chi connectivity index (χ0v) is 10.2. The van der Waals surface area contributed by atoms with Crippen molar-refractivity contribution >= 4 is 0 Å². The van der Waals surface area contributed by atoms with Crippen molar-refractivity contribution in [1.29, 1.82) is 0 Å². The van der Waals surface area contributed by atoms with Crippen molar-refractivity contribution in [3.63, 3.8) is 0 Å². The molecular formula is C13H17F3N2. The number of halogens is 3. The van der Waals surface area contributed by atoms with Gasteiger partial charge in [-0.1, -0.05) is 6.07 Å². The quantitative estimate of drug-likeness (QED) is 0.887. The summed E-state index contributed by atoms with van der Waals surface area (Å²) in [6.45, 7) is 3.56. The second kappa shape index (κ2) is 6.20. The van der Waals surface area contributed by atoms with Crippen molar-refractivity contribution in [2.75, 3.05) is 32.7 Å². The topological polar surface area (TPSA) is 15.3 Å². The smallest absolute Gasteiger partial charge is 0.162 e. The minimum atomic E-state index is -0.958. The highest BCUT2D eigenvalue weighted by molar-refractivity contribution is 5.26. The monoisotopic (exact) mass is 258 g/mol. The van der Waals surface area contributed by atoms with Crippen LogP contribution in [0.5, 0.6) is 0 Å². The lowest BCUT2D eigenvalue weighted by molar-refractivity contribution is 0.243. The Morgan fingerprint density at radius 2 is 1.89 bits per heavy atom. The van der Waals surface area contributed by atoms with E-state index in [-0.39, 0.29) is 11.1 Å². The van der Waals surface area contributed by atoms with E-state index in [2.05, 4.69) is 10.2 Å². The average Bonchev–Trinajstić information content (AvgIpc) is 2.41. The molecular weight excluding hydrogens is 241 g/mol. The Balaban J connectivity index is 2.01. The molecule has 0 aromatic heterocycles. The van der Waals surface area contributed by atoms with E-state index >= 15 is 0 Å². The molecule has 2 nitrogen and oxygen atoms in total. The molecule has 0 atom stereocenters. The van der Waals surface area contributed by atoms with Gasteiger partial charge in [0.05, 0.1) is 0 Å². The molecule has 0 spiro atoms. The second-order valence-electron chi connectivity index (χ2n) is 4.53. The molecule has 1 N–H and O–H groups in total. The molecule has 5 heteroatoms. The Bertz CT molecular complexity index is 403. The summed E-state index contributed by atoms with van der Waals surface area (Å²) in [5.41, 5.74) is 0.463. The maximum Gasteiger partial charge on any atom is 0.162 e. The van der Waals surface area contributed by atoms with Crippen molar-refractivity contribution in [1.82, 2.24) is 10.2 Å². The first-order chi connectivity index (χ1) is 8.70. The van der Waals surface area contributed by atoms with Crippen LogP contribution in [0.3, 0.4) is 0 Å². The van der Waals surface area contributed by atoms with Gasteiger partial charge in [0.15, 0.2) is 11.6 Å². The van der Waals surface area contributed by atoms with Crippen LogP contribution in [-0.2, 0) is 13.1 Å². The number of piperazine rings is 1. The van der Waals surface area contributed by atoms with E-state index in [0.29, 0.717) is 13.0 Å². The van der Waals surface area contributed by atoms with Gasteiger partial charge in [0, 0.05) is 32.7 Å². The number of hydrogen-bond acceptors (Lipinski definition) is 2. The summed E-state index contributed by atoms with van der Waals surface area (Å²) in [4.78, 5) is 2.19. The molecule has 1 saturated heterocycles. The zero-order valence-electron chi connectivity index (χ0n) is 10.2. The molecule has 0 radical (unpaired) electrons. The van der Waals surface area contributed by atoms with Crippen LogP contribution in [0.4, 0.5) is 13.2 Å². The average molecular weight is 258 g/mol. The molecule has 1 fully saturated rings. The highest BCUT2D eigenvalue weighted by Gasteiger charge is 2.14. The molecule has 0 bridgehead atoms. The van der Waals surface area contributed by atoms with E-state index in [1.807, 2.05) is 0 Å². The van der Waals surface area contributed by atoms with Gasteiger partial charge in [-0.05, 0) is 23.6 Å². The number of hydrogen-bond donors (Lipinski definition) is 1. The summed E-state index contributed by atoms with van der Waals surface area (Å²) in [6, 6.07) is 2.34. The van der Waals surface area contributed by atoms with Crippen LogP contribution < -0.4 is 5.32 Å². The van der Waals surface area contributed by atoms with Crippen LogP contribution in [0, 0.1) is 11.6 Å². The minimum absolute atomic E-state index is 0.198. The van der Waals surface area contributed by atoms with Gasteiger partial charge < -0.3 is 10.2 Å². The molecule has 100 valence electrons. The van der Waals surface area contributed by atoms with E-state index in [4.69, 9.17) is 0 Å². The molecule has 0 aliphatic carbocycles. The van der Waals surface area contributed by atoms with E-state index in [1.165, 1.54) is 6.07 Å². The van der Waals surface area contributed by atoms with Crippen LogP contribution in [-0.4, -0.2) is 37.6 Å². The second-order valence-corrected chi connectivity index (χ2v) is 4.53. The molecule has 1 aliphatic heterocycles. The van der Waals surface area contributed by atoms with Crippen molar-refractivity contribution in [3.8, 4) is 0 Å². The molecule has 1 aromatic rings. The predicted molar refractivity (Wildman–Crippen MR) is 64.2 cm³/mol. The number of alkyl halides is 1. The van der Waals surface area contributed by atoms with Gasteiger partial charge in [-0.25, -0.2) is 13.2 Å². The highest BCUT2D eigenvalue weighted by atomic mass is 19.2. The summed E-state index contributed by atoms with van der Waals surface area (Å²) in [5, 5.41) is 3.23. The van der Waals surface area contributed by atoms with Crippen LogP contribution in [0.15, 0.2) is 12.1 Å². The molecule has 0 amide bonds. The van der Waals surface area contributed by atoms with Crippen molar-refractivity contribution in [2.24, 2.45) is 0 Å². The third-order valence-electron chi connectivity index (χ3n) is 3.22. The van der Waals surface area contributed by atoms with Crippen LogP contribution in [0.2, 0.25) is 0 Å². The fraction of sp³-hybridized carbons (Fsp3) is 0.538. The largest absolute Gasteiger partial charge is 0.314 e. The van der Waals surface area contributed by atoms with E-state index in [9.17, 15) is 13.2 Å². The van der Waals surface area contributed by atoms with Crippen LogP contribution in [0.25, 0.3) is 0 Å². The molecule has 0 saturated carbocycles. The Labute approximate surface area is 105 Å². The standard InChI is InChI=1S/C13H17F3N2/c14-9-10-7-11(13(16)12(15)8-10)1-4-18-5-2-17-3-6-18/h7-8,17H,1-6,9H2. The Kier molecular flexibility index (Phi) is 4.60. The van der Waals surface area contributed by atoms with Gasteiger partial charge in [-0.3, -0.25) is 0 Å². The lowest BCUT2D eigenvalue weighted by Crippen LogP contribution is -2.44. The maximum atomic E-state index is 13.5. The van der Waals surface area contributed by atoms with Crippen molar-refractivity contribution in [3.05, 3.63) is 34.9 Å². The maximum absolute atomic E-state index is 13.5. The van der Waals surface area contributed by atoms with E-state index < -0.39 is 18.3 Å². The Morgan fingerprint density at radius 3 is 2.56 bits per heavy atom. The molecule has 2 rings (SSSR count). The number of nitrogens with one attached hydrogen (secondary N) is 1. The van der Waals surface area contributed by atoms with Gasteiger partial charge in [0.1, 0.15) is 6.67 Å². The van der Waals surface area contributed by atoms with Crippen LogP contribution >= 0.6 is 0 Å². The zero-order chi connectivity index (χ0) is 13.0. The van der Waals surface area contributed by atoms with Crippen molar-refractivity contribution in [2.45, 2.75) is 13.1 Å². The normalized spacial score (nSPS) is 17.1. The van der Waals surface area contributed by atoms with Gasteiger partial charge in [0.25, 0.3) is 0 Å². The fourth-order valence-corrected chi connectivity index (χ4v) is 2.18. The Hall–Kier alpha value is -1.07. The lowest BCUT2D eigenvalue weighted by atomic mass is 10.1. The van der Waals surface area contributed by atoms with Gasteiger partial charge in [-0.15, -0.1) is 0 Å². The molecule has 0 unspecified atom stereocenters. The summed E-state index contributed by atoms with van der Waals surface area (Å²) < 4.78 is 39.3. The van der Waals surface area contributed by atoms with Crippen LogP contribution in [0.1, 0.15) is 11.1 Å². The molecule has 1 heterocycles. The highest BCUT2D eigenvalue weighted by Crippen LogP contribution is 2.17.